The third-order valence-electron chi connectivity index (χ3n) is 4.07. The molecule has 0 spiro atoms. The summed E-state index contributed by atoms with van der Waals surface area (Å²) in [7, 11) is 1.58. The highest BCUT2D eigenvalue weighted by Gasteiger charge is 2.15. The van der Waals surface area contributed by atoms with Crippen molar-refractivity contribution >= 4 is 34.5 Å². The monoisotopic (exact) mass is 428 g/mol. The molecule has 1 amide bonds. The zero-order valence-corrected chi connectivity index (χ0v) is 16.4. The van der Waals surface area contributed by atoms with Crippen molar-refractivity contribution in [2.45, 2.75) is 5.03 Å². The van der Waals surface area contributed by atoms with Gasteiger partial charge >= 0.3 is 0 Å². The average molecular weight is 428 g/mol. The molecule has 2 heterocycles. The molecular formula is C19H14F2N6O2S. The van der Waals surface area contributed by atoms with E-state index in [0.29, 0.717) is 28.0 Å². The number of thioether (sulfide) groups is 1. The summed E-state index contributed by atoms with van der Waals surface area (Å²) >= 11 is 1.11. The number of nitrogens with one attached hydrogen (secondary N) is 1. The topological polar surface area (TPSA) is 94.8 Å². The first-order chi connectivity index (χ1) is 14.5. The van der Waals surface area contributed by atoms with Crippen molar-refractivity contribution in [2.75, 3.05) is 18.2 Å². The number of carbonyl (C=O) groups excluding carboxylic acids is 1. The van der Waals surface area contributed by atoms with Crippen LogP contribution in [0.2, 0.25) is 0 Å². The van der Waals surface area contributed by atoms with Crippen LogP contribution in [0.5, 0.6) is 5.75 Å². The minimum absolute atomic E-state index is 0.0572. The average Bonchev–Trinajstić information content (AvgIpc) is 3.19. The maximum absolute atomic E-state index is 13.7. The molecule has 0 aliphatic heterocycles. The van der Waals surface area contributed by atoms with Gasteiger partial charge in [-0.3, -0.25) is 4.79 Å². The maximum Gasteiger partial charge on any atom is 0.234 e. The largest absolute Gasteiger partial charge is 0.497 e. The number of benzene rings is 2. The van der Waals surface area contributed by atoms with Crippen LogP contribution in [0.25, 0.3) is 16.9 Å². The van der Waals surface area contributed by atoms with E-state index in [-0.39, 0.29) is 11.4 Å². The Morgan fingerprint density at radius 1 is 1.17 bits per heavy atom. The van der Waals surface area contributed by atoms with Crippen molar-refractivity contribution in [3.8, 4) is 11.4 Å². The Kier molecular flexibility index (Phi) is 5.53. The van der Waals surface area contributed by atoms with Gasteiger partial charge in [0.15, 0.2) is 11.2 Å². The van der Waals surface area contributed by atoms with Crippen LogP contribution in [0.3, 0.4) is 0 Å². The molecular weight excluding hydrogens is 414 g/mol. The van der Waals surface area contributed by atoms with Crippen molar-refractivity contribution in [1.29, 1.82) is 0 Å². The molecule has 4 aromatic rings. The van der Waals surface area contributed by atoms with E-state index in [1.807, 2.05) is 12.1 Å². The molecule has 0 aliphatic carbocycles. The van der Waals surface area contributed by atoms with Crippen molar-refractivity contribution < 1.29 is 18.3 Å². The normalized spacial score (nSPS) is 10.9. The number of ether oxygens (including phenoxy) is 1. The summed E-state index contributed by atoms with van der Waals surface area (Å²) < 4.78 is 33.4. The molecule has 1 N–H and O–H groups in total. The molecule has 0 atom stereocenters. The first-order valence-electron chi connectivity index (χ1n) is 8.63. The lowest BCUT2D eigenvalue weighted by atomic mass is 10.3. The second-order valence-electron chi connectivity index (χ2n) is 6.01. The standard InChI is InChI=1S/C19H14F2N6O2S/c1-29-13-5-3-12(4-6-13)27-18-17(25-26-27)19(23-10-22-18)30-9-16(28)24-15-7-2-11(20)8-14(15)21/h2-8,10H,9H2,1H3,(H,24,28). The summed E-state index contributed by atoms with van der Waals surface area (Å²) in [6.45, 7) is 0. The van der Waals surface area contributed by atoms with Crippen molar-refractivity contribution in [2.24, 2.45) is 0 Å². The number of methoxy groups -OCH3 is 1. The van der Waals surface area contributed by atoms with Crippen molar-refractivity contribution in [3.63, 3.8) is 0 Å². The Bertz CT molecular complexity index is 1220. The fraction of sp³-hybridized carbons (Fsp3) is 0.105. The van der Waals surface area contributed by atoms with Gasteiger partial charge in [0, 0.05) is 6.07 Å². The quantitative estimate of drug-likeness (QED) is 0.372. The molecule has 8 nitrogen and oxygen atoms in total. The van der Waals surface area contributed by atoms with Crippen LogP contribution in [0, 0.1) is 11.6 Å². The molecule has 0 bridgehead atoms. The molecule has 0 fully saturated rings. The van der Waals surface area contributed by atoms with E-state index in [9.17, 15) is 13.6 Å². The van der Waals surface area contributed by atoms with E-state index in [2.05, 4.69) is 25.6 Å². The second kappa shape index (κ2) is 8.41. The Morgan fingerprint density at radius 2 is 1.97 bits per heavy atom. The van der Waals surface area contributed by atoms with Crippen LogP contribution in [-0.2, 0) is 4.79 Å². The number of halogens is 2. The first kappa shape index (κ1) is 19.7. The van der Waals surface area contributed by atoms with Gasteiger partial charge in [-0.15, -0.1) is 5.10 Å². The third kappa shape index (κ3) is 4.06. The smallest absolute Gasteiger partial charge is 0.234 e. The molecule has 0 aliphatic rings. The summed E-state index contributed by atoms with van der Waals surface area (Å²) in [6, 6.07) is 10.1. The number of carbonyl (C=O) groups is 1. The summed E-state index contributed by atoms with van der Waals surface area (Å²) in [4.78, 5) is 20.6. The summed E-state index contributed by atoms with van der Waals surface area (Å²) in [5, 5.41) is 11.1. The van der Waals surface area contributed by atoms with E-state index in [0.717, 1.165) is 29.6 Å². The maximum atomic E-state index is 13.7. The molecule has 2 aromatic carbocycles. The number of nitrogens with zero attached hydrogens (tertiary/aromatic N) is 5. The highest BCUT2D eigenvalue weighted by Crippen LogP contribution is 2.25. The molecule has 2 aromatic heterocycles. The summed E-state index contributed by atoms with van der Waals surface area (Å²) in [6.07, 6.45) is 1.35. The highest BCUT2D eigenvalue weighted by atomic mass is 32.2. The zero-order chi connectivity index (χ0) is 21.1. The predicted octanol–water partition coefficient (Wildman–Crippen LogP) is 3.23. The zero-order valence-electron chi connectivity index (χ0n) is 15.5. The number of rotatable bonds is 6. The van der Waals surface area contributed by atoms with Crippen molar-refractivity contribution in [1.82, 2.24) is 25.0 Å². The fourth-order valence-corrected chi connectivity index (χ4v) is 3.37. The number of fused-ring (bicyclic) bond motifs is 1. The number of anilines is 1. The van der Waals surface area contributed by atoms with Gasteiger partial charge in [-0.1, -0.05) is 17.0 Å². The van der Waals surface area contributed by atoms with Crippen LogP contribution in [-0.4, -0.2) is 43.7 Å². The molecule has 11 heteroatoms. The number of aromatic nitrogens is 5. The van der Waals surface area contributed by atoms with Gasteiger partial charge in [-0.25, -0.2) is 18.7 Å². The highest BCUT2D eigenvalue weighted by molar-refractivity contribution is 8.00. The fourth-order valence-electron chi connectivity index (χ4n) is 2.64. The van der Waals surface area contributed by atoms with Gasteiger partial charge in [0.25, 0.3) is 0 Å². The van der Waals surface area contributed by atoms with Gasteiger partial charge < -0.3 is 10.1 Å². The van der Waals surface area contributed by atoms with Gasteiger partial charge in [-0.05, 0) is 36.4 Å². The molecule has 0 radical (unpaired) electrons. The SMILES string of the molecule is COc1ccc(-n2nnc3c(SCC(=O)Nc4ccc(F)cc4F)ncnc32)cc1. The summed E-state index contributed by atoms with van der Waals surface area (Å²) in [5.74, 6) is -1.39. The molecule has 0 unspecified atom stereocenters. The van der Waals surface area contributed by atoms with E-state index in [1.165, 1.54) is 6.33 Å². The molecule has 152 valence electrons. The van der Waals surface area contributed by atoms with E-state index in [4.69, 9.17) is 4.74 Å². The van der Waals surface area contributed by atoms with Crippen LogP contribution < -0.4 is 10.1 Å². The van der Waals surface area contributed by atoms with Crippen LogP contribution >= 0.6 is 11.8 Å². The van der Waals surface area contributed by atoms with Gasteiger partial charge in [0.05, 0.1) is 24.2 Å². The predicted molar refractivity (Wildman–Crippen MR) is 107 cm³/mol. The molecule has 30 heavy (non-hydrogen) atoms. The van der Waals surface area contributed by atoms with Crippen LogP contribution in [0.4, 0.5) is 14.5 Å². The first-order valence-corrected chi connectivity index (χ1v) is 9.62. The Hall–Kier alpha value is -3.60. The lowest BCUT2D eigenvalue weighted by Crippen LogP contribution is -2.15. The van der Waals surface area contributed by atoms with Gasteiger partial charge in [-0.2, -0.15) is 4.68 Å². The minimum atomic E-state index is -0.847. The number of hydrogen-bond acceptors (Lipinski definition) is 7. The molecule has 4 rings (SSSR count). The van der Waals surface area contributed by atoms with Crippen LogP contribution in [0.1, 0.15) is 0 Å². The Labute approximate surface area is 173 Å². The number of amides is 1. The summed E-state index contributed by atoms with van der Waals surface area (Å²) in [5.41, 5.74) is 1.54. The molecule has 0 saturated carbocycles. The van der Waals surface area contributed by atoms with E-state index >= 15 is 0 Å². The molecule has 0 saturated heterocycles. The Balaban J connectivity index is 1.50. The van der Waals surface area contributed by atoms with E-state index < -0.39 is 17.5 Å². The van der Waals surface area contributed by atoms with Crippen molar-refractivity contribution in [3.05, 3.63) is 60.4 Å². The lowest BCUT2D eigenvalue weighted by molar-refractivity contribution is -0.113. The second-order valence-corrected chi connectivity index (χ2v) is 6.98. The Morgan fingerprint density at radius 3 is 2.70 bits per heavy atom. The van der Waals surface area contributed by atoms with Crippen LogP contribution in [0.15, 0.2) is 53.8 Å². The number of hydrogen-bond donors (Lipinski definition) is 1. The van der Waals surface area contributed by atoms with Gasteiger partial charge in [0.2, 0.25) is 5.91 Å². The third-order valence-corrected chi connectivity index (χ3v) is 5.05. The minimum Gasteiger partial charge on any atom is -0.497 e. The lowest BCUT2D eigenvalue weighted by Gasteiger charge is -2.06. The van der Waals surface area contributed by atoms with E-state index in [1.54, 1.807) is 23.9 Å². The van der Waals surface area contributed by atoms with Gasteiger partial charge in [0.1, 0.15) is 28.7 Å².